The SMILES string of the molecule is O=C(c1ccc(-c2ccc(CO)c(Cl)c2)cc1)N1CCNCC1. The molecule has 2 N–H and O–H groups in total. The normalized spacial score (nSPS) is 14.8. The zero-order valence-corrected chi connectivity index (χ0v) is 13.5. The molecular weight excluding hydrogens is 312 g/mol. The molecule has 120 valence electrons. The van der Waals surface area contributed by atoms with Gasteiger partial charge in [-0.3, -0.25) is 4.79 Å². The lowest BCUT2D eigenvalue weighted by molar-refractivity contribution is 0.0736. The smallest absolute Gasteiger partial charge is 0.253 e. The van der Waals surface area contributed by atoms with Crippen LogP contribution in [0.15, 0.2) is 42.5 Å². The van der Waals surface area contributed by atoms with Crippen molar-refractivity contribution in [1.29, 1.82) is 0 Å². The van der Waals surface area contributed by atoms with Crippen LogP contribution in [0, 0.1) is 0 Å². The Labute approximate surface area is 140 Å². The molecule has 5 heteroatoms. The Hall–Kier alpha value is -1.88. The molecule has 0 bridgehead atoms. The number of amides is 1. The average Bonchev–Trinajstić information content (AvgIpc) is 2.62. The summed E-state index contributed by atoms with van der Waals surface area (Å²) in [5, 5.41) is 13.0. The van der Waals surface area contributed by atoms with E-state index in [9.17, 15) is 9.90 Å². The molecule has 1 fully saturated rings. The second-order valence-corrected chi connectivity index (χ2v) is 5.99. The minimum Gasteiger partial charge on any atom is -0.392 e. The molecule has 0 radical (unpaired) electrons. The van der Waals surface area contributed by atoms with Gasteiger partial charge in [0.25, 0.3) is 5.91 Å². The number of aliphatic hydroxyl groups excluding tert-OH is 1. The topological polar surface area (TPSA) is 52.6 Å². The number of nitrogens with zero attached hydrogens (tertiary/aromatic N) is 1. The van der Waals surface area contributed by atoms with Gasteiger partial charge in [0.1, 0.15) is 0 Å². The van der Waals surface area contributed by atoms with Gasteiger partial charge in [0.2, 0.25) is 0 Å². The van der Waals surface area contributed by atoms with Crippen molar-refractivity contribution in [2.75, 3.05) is 26.2 Å². The van der Waals surface area contributed by atoms with Crippen LogP contribution >= 0.6 is 11.6 Å². The maximum atomic E-state index is 12.4. The molecule has 2 aromatic rings. The Morgan fingerprint density at radius 3 is 2.35 bits per heavy atom. The summed E-state index contributed by atoms with van der Waals surface area (Å²) in [5.41, 5.74) is 3.37. The van der Waals surface area contributed by atoms with Crippen LogP contribution in [-0.2, 0) is 6.61 Å². The van der Waals surface area contributed by atoms with Crippen LogP contribution in [0.3, 0.4) is 0 Å². The molecule has 0 aliphatic carbocycles. The lowest BCUT2D eigenvalue weighted by Crippen LogP contribution is -2.46. The molecule has 2 aromatic carbocycles. The van der Waals surface area contributed by atoms with E-state index in [-0.39, 0.29) is 12.5 Å². The highest BCUT2D eigenvalue weighted by atomic mass is 35.5. The van der Waals surface area contributed by atoms with Crippen molar-refractivity contribution in [2.45, 2.75) is 6.61 Å². The van der Waals surface area contributed by atoms with Crippen LogP contribution in [0.1, 0.15) is 15.9 Å². The summed E-state index contributed by atoms with van der Waals surface area (Å²) < 4.78 is 0. The van der Waals surface area contributed by atoms with E-state index in [0.717, 1.165) is 37.3 Å². The third-order valence-electron chi connectivity index (χ3n) is 4.09. The van der Waals surface area contributed by atoms with E-state index >= 15 is 0 Å². The molecule has 0 saturated carbocycles. The van der Waals surface area contributed by atoms with E-state index in [1.165, 1.54) is 0 Å². The first kappa shape index (κ1) is 16.0. The molecule has 0 unspecified atom stereocenters. The standard InChI is InChI=1S/C18H19ClN2O2/c19-17-11-15(5-6-16(17)12-22)13-1-3-14(4-2-13)18(23)21-9-7-20-8-10-21/h1-6,11,20,22H,7-10,12H2. The number of hydrogen-bond acceptors (Lipinski definition) is 3. The second kappa shape index (κ2) is 7.13. The number of carbonyl (C=O) groups is 1. The molecule has 0 spiro atoms. The maximum absolute atomic E-state index is 12.4. The van der Waals surface area contributed by atoms with Gasteiger partial charge in [-0.05, 0) is 34.9 Å². The first-order chi connectivity index (χ1) is 11.2. The average molecular weight is 331 g/mol. The Kier molecular flexibility index (Phi) is 4.96. The third-order valence-corrected chi connectivity index (χ3v) is 4.44. The third kappa shape index (κ3) is 3.55. The number of aliphatic hydroxyl groups is 1. The predicted octanol–water partition coefficient (Wildman–Crippen LogP) is 2.54. The largest absolute Gasteiger partial charge is 0.392 e. The van der Waals surface area contributed by atoms with Crippen molar-refractivity contribution in [2.24, 2.45) is 0 Å². The van der Waals surface area contributed by atoms with Gasteiger partial charge in [-0.25, -0.2) is 0 Å². The molecule has 4 nitrogen and oxygen atoms in total. The number of halogens is 1. The van der Waals surface area contributed by atoms with Gasteiger partial charge in [0.05, 0.1) is 6.61 Å². The van der Waals surface area contributed by atoms with Gasteiger partial charge in [-0.1, -0.05) is 35.9 Å². The summed E-state index contributed by atoms with van der Waals surface area (Å²) in [6.45, 7) is 3.12. The Morgan fingerprint density at radius 1 is 1.09 bits per heavy atom. The lowest BCUT2D eigenvalue weighted by Gasteiger charge is -2.27. The molecule has 1 heterocycles. The first-order valence-electron chi connectivity index (χ1n) is 7.69. The molecule has 23 heavy (non-hydrogen) atoms. The predicted molar refractivity (Wildman–Crippen MR) is 91.6 cm³/mol. The quantitative estimate of drug-likeness (QED) is 0.909. The van der Waals surface area contributed by atoms with Gasteiger partial charge >= 0.3 is 0 Å². The van der Waals surface area contributed by atoms with E-state index in [2.05, 4.69) is 5.32 Å². The second-order valence-electron chi connectivity index (χ2n) is 5.58. The minimum atomic E-state index is -0.0722. The summed E-state index contributed by atoms with van der Waals surface area (Å²) in [7, 11) is 0. The molecule has 1 aliphatic rings. The zero-order chi connectivity index (χ0) is 16.2. The summed E-state index contributed by atoms with van der Waals surface area (Å²) in [4.78, 5) is 14.3. The van der Waals surface area contributed by atoms with Crippen molar-refractivity contribution in [3.05, 3.63) is 58.6 Å². The minimum absolute atomic E-state index is 0.0722. The number of piperazine rings is 1. The van der Waals surface area contributed by atoms with Crippen molar-refractivity contribution in [3.8, 4) is 11.1 Å². The van der Waals surface area contributed by atoms with Crippen LogP contribution in [0.2, 0.25) is 5.02 Å². The van der Waals surface area contributed by atoms with Crippen molar-refractivity contribution >= 4 is 17.5 Å². The highest BCUT2D eigenvalue weighted by molar-refractivity contribution is 6.31. The van der Waals surface area contributed by atoms with Gasteiger partial charge < -0.3 is 15.3 Å². The van der Waals surface area contributed by atoms with Gasteiger partial charge in [0, 0.05) is 36.8 Å². The first-order valence-corrected chi connectivity index (χ1v) is 8.06. The number of hydrogen-bond donors (Lipinski definition) is 2. The van der Waals surface area contributed by atoms with Crippen molar-refractivity contribution in [3.63, 3.8) is 0 Å². The Bertz CT molecular complexity index is 695. The van der Waals surface area contributed by atoms with Gasteiger partial charge in [-0.15, -0.1) is 0 Å². The van der Waals surface area contributed by atoms with Crippen molar-refractivity contribution < 1.29 is 9.90 Å². The number of benzene rings is 2. The lowest BCUT2D eigenvalue weighted by atomic mass is 10.0. The van der Waals surface area contributed by atoms with E-state index in [1.54, 1.807) is 0 Å². The van der Waals surface area contributed by atoms with E-state index in [4.69, 9.17) is 11.6 Å². The molecule has 1 amide bonds. The van der Waals surface area contributed by atoms with Crippen LogP contribution in [0.25, 0.3) is 11.1 Å². The van der Waals surface area contributed by atoms with E-state index in [1.807, 2.05) is 47.4 Å². The molecule has 0 atom stereocenters. The fourth-order valence-electron chi connectivity index (χ4n) is 2.71. The number of nitrogens with one attached hydrogen (secondary N) is 1. The molecule has 3 rings (SSSR count). The molecule has 1 saturated heterocycles. The van der Waals surface area contributed by atoms with Crippen LogP contribution in [-0.4, -0.2) is 42.1 Å². The summed E-state index contributed by atoms with van der Waals surface area (Å²) in [6, 6.07) is 13.1. The van der Waals surface area contributed by atoms with Gasteiger partial charge in [0.15, 0.2) is 0 Å². The van der Waals surface area contributed by atoms with Crippen LogP contribution < -0.4 is 5.32 Å². The summed E-state index contributed by atoms with van der Waals surface area (Å²) >= 11 is 6.14. The maximum Gasteiger partial charge on any atom is 0.253 e. The summed E-state index contributed by atoms with van der Waals surface area (Å²) in [5.74, 6) is 0.0757. The molecule has 0 aromatic heterocycles. The Balaban J connectivity index is 1.79. The van der Waals surface area contributed by atoms with Crippen molar-refractivity contribution in [1.82, 2.24) is 10.2 Å². The summed E-state index contributed by atoms with van der Waals surface area (Å²) in [6.07, 6.45) is 0. The number of rotatable bonds is 3. The molecular formula is C18H19ClN2O2. The monoisotopic (exact) mass is 330 g/mol. The number of carbonyl (C=O) groups excluding carboxylic acids is 1. The highest BCUT2D eigenvalue weighted by Crippen LogP contribution is 2.26. The van der Waals surface area contributed by atoms with Crippen LogP contribution in [0.5, 0.6) is 0 Å². The van der Waals surface area contributed by atoms with Crippen LogP contribution in [0.4, 0.5) is 0 Å². The highest BCUT2D eigenvalue weighted by Gasteiger charge is 2.17. The van der Waals surface area contributed by atoms with Gasteiger partial charge in [-0.2, -0.15) is 0 Å². The van der Waals surface area contributed by atoms with E-state index in [0.29, 0.717) is 16.1 Å². The Morgan fingerprint density at radius 2 is 1.74 bits per heavy atom. The van der Waals surface area contributed by atoms with E-state index < -0.39 is 0 Å². The fraction of sp³-hybridized carbons (Fsp3) is 0.278. The fourth-order valence-corrected chi connectivity index (χ4v) is 2.95. The zero-order valence-electron chi connectivity index (χ0n) is 12.8. The molecule has 1 aliphatic heterocycles.